The molecular weight excluding hydrogens is 348 g/mol. The van der Waals surface area contributed by atoms with Crippen LogP contribution < -0.4 is 4.74 Å². The summed E-state index contributed by atoms with van der Waals surface area (Å²) < 4.78 is 6.41. The number of benzene rings is 1. The van der Waals surface area contributed by atoms with Gasteiger partial charge in [0.2, 0.25) is 0 Å². The van der Waals surface area contributed by atoms with Crippen LogP contribution in [-0.4, -0.2) is 10.2 Å². The highest BCUT2D eigenvalue weighted by Gasteiger charge is 2.27. The van der Waals surface area contributed by atoms with E-state index in [9.17, 15) is 0 Å². The standard InChI is InChI=1S/C16H21BrN2OS/c1-15(2,3)10-16(4,5)11-6-8-12(9-7-11)20-14-19-18-13(17)21-14/h6-9H,10H2,1-5H3. The molecule has 0 radical (unpaired) electrons. The van der Waals surface area contributed by atoms with Crippen molar-refractivity contribution in [2.75, 3.05) is 0 Å². The number of hydrogen-bond acceptors (Lipinski definition) is 4. The third-order valence-electron chi connectivity index (χ3n) is 3.20. The number of ether oxygens (including phenoxy) is 1. The van der Waals surface area contributed by atoms with E-state index in [2.05, 4.69) is 72.9 Å². The van der Waals surface area contributed by atoms with Crippen molar-refractivity contribution in [2.24, 2.45) is 5.41 Å². The van der Waals surface area contributed by atoms with Gasteiger partial charge in [-0.2, -0.15) is 0 Å². The SMILES string of the molecule is CC(C)(C)CC(C)(C)c1ccc(Oc2nnc(Br)s2)cc1. The summed E-state index contributed by atoms with van der Waals surface area (Å²) in [5.74, 6) is 0.786. The van der Waals surface area contributed by atoms with Crippen LogP contribution in [0.25, 0.3) is 0 Å². The van der Waals surface area contributed by atoms with Gasteiger partial charge in [-0.3, -0.25) is 0 Å². The van der Waals surface area contributed by atoms with Crippen molar-refractivity contribution in [2.45, 2.75) is 46.5 Å². The molecule has 0 saturated heterocycles. The molecule has 114 valence electrons. The largest absolute Gasteiger partial charge is 0.430 e. The van der Waals surface area contributed by atoms with Gasteiger partial charge in [-0.05, 0) is 62.2 Å². The van der Waals surface area contributed by atoms with Crippen LogP contribution in [-0.2, 0) is 5.41 Å². The van der Waals surface area contributed by atoms with Crippen molar-refractivity contribution >= 4 is 27.3 Å². The first-order valence-electron chi connectivity index (χ1n) is 6.93. The van der Waals surface area contributed by atoms with Gasteiger partial charge >= 0.3 is 0 Å². The average Bonchev–Trinajstić information content (AvgIpc) is 2.72. The summed E-state index contributed by atoms with van der Waals surface area (Å²) in [7, 11) is 0. The van der Waals surface area contributed by atoms with Crippen LogP contribution in [0.4, 0.5) is 0 Å². The maximum atomic E-state index is 5.68. The van der Waals surface area contributed by atoms with Gasteiger partial charge in [0.05, 0.1) is 0 Å². The molecule has 0 aliphatic heterocycles. The molecule has 2 rings (SSSR count). The van der Waals surface area contributed by atoms with Crippen molar-refractivity contribution < 1.29 is 4.74 Å². The molecule has 0 N–H and O–H groups in total. The molecule has 21 heavy (non-hydrogen) atoms. The Morgan fingerprint density at radius 1 is 1.05 bits per heavy atom. The van der Waals surface area contributed by atoms with E-state index in [0.29, 0.717) is 10.6 Å². The minimum absolute atomic E-state index is 0.141. The summed E-state index contributed by atoms with van der Waals surface area (Å²) in [6.07, 6.45) is 1.13. The molecule has 1 heterocycles. The van der Waals surface area contributed by atoms with Gasteiger partial charge < -0.3 is 4.74 Å². The summed E-state index contributed by atoms with van der Waals surface area (Å²) in [6.45, 7) is 11.4. The number of nitrogens with zero attached hydrogens (tertiary/aromatic N) is 2. The van der Waals surface area contributed by atoms with E-state index in [1.165, 1.54) is 16.9 Å². The van der Waals surface area contributed by atoms with Crippen LogP contribution in [0.3, 0.4) is 0 Å². The van der Waals surface area contributed by atoms with Crippen LogP contribution in [0, 0.1) is 5.41 Å². The molecule has 0 unspecified atom stereocenters. The topological polar surface area (TPSA) is 35.0 Å². The normalized spacial score (nSPS) is 12.5. The lowest BCUT2D eigenvalue weighted by Crippen LogP contribution is -2.24. The van der Waals surface area contributed by atoms with Crippen molar-refractivity contribution in [3.63, 3.8) is 0 Å². The van der Waals surface area contributed by atoms with E-state index in [1.54, 1.807) is 0 Å². The molecule has 5 heteroatoms. The number of hydrogen-bond donors (Lipinski definition) is 0. The fourth-order valence-electron chi connectivity index (χ4n) is 2.74. The molecule has 1 aromatic carbocycles. The molecule has 0 saturated carbocycles. The van der Waals surface area contributed by atoms with Crippen LogP contribution in [0.2, 0.25) is 0 Å². The Morgan fingerprint density at radius 3 is 2.14 bits per heavy atom. The van der Waals surface area contributed by atoms with E-state index >= 15 is 0 Å². The van der Waals surface area contributed by atoms with Crippen LogP contribution in [0.1, 0.15) is 46.6 Å². The van der Waals surface area contributed by atoms with Gasteiger partial charge in [0.25, 0.3) is 5.19 Å². The minimum Gasteiger partial charge on any atom is -0.430 e. The second-order valence-corrected chi connectivity index (χ2v) is 9.28. The Balaban J connectivity index is 2.11. The van der Waals surface area contributed by atoms with Crippen molar-refractivity contribution in [3.8, 4) is 10.9 Å². The van der Waals surface area contributed by atoms with E-state index in [4.69, 9.17) is 4.74 Å². The van der Waals surface area contributed by atoms with Crippen LogP contribution in [0.5, 0.6) is 10.9 Å². The molecule has 0 spiro atoms. The predicted molar refractivity (Wildman–Crippen MR) is 91.2 cm³/mol. The van der Waals surface area contributed by atoms with Gasteiger partial charge in [0.1, 0.15) is 5.75 Å². The summed E-state index contributed by atoms with van der Waals surface area (Å²) in [5.41, 5.74) is 1.77. The van der Waals surface area contributed by atoms with Gasteiger partial charge in [0.15, 0.2) is 3.92 Å². The summed E-state index contributed by atoms with van der Waals surface area (Å²) in [4.78, 5) is 0. The second kappa shape index (κ2) is 6.05. The maximum Gasteiger partial charge on any atom is 0.300 e. The zero-order chi connectivity index (χ0) is 15.7. The first-order chi connectivity index (χ1) is 9.66. The smallest absolute Gasteiger partial charge is 0.300 e. The van der Waals surface area contributed by atoms with Crippen molar-refractivity contribution in [3.05, 3.63) is 33.7 Å². The zero-order valence-corrected chi connectivity index (χ0v) is 15.5. The Labute approximate surface area is 138 Å². The van der Waals surface area contributed by atoms with E-state index in [1.807, 2.05) is 12.1 Å². The number of halogens is 1. The second-order valence-electron chi connectivity index (χ2n) is 7.07. The molecule has 0 fully saturated rings. The third-order valence-corrected chi connectivity index (χ3v) is 4.43. The van der Waals surface area contributed by atoms with Crippen molar-refractivity contribution in [1.29, 1.82) is 0 Å². The van der Waals surface area contributed by atoms with Crippen molar-refractivity contribution in [1.82, 2.24) is 10.2 Å². The molecular formula is C16H21BrN2OS. The molecule has 3 nitrogen and oxygen atoms in total. The molecule has 1 aromatic heterocycles. The lowest BCUT2D eigenvalue weighted by molar-refractivity contribution is 0.284. The van der Waals surface area contributed by atoms with Gasteiger partial charge in [-0.1, -0.05) is 51.9 Å². The maximum absolute atomic E-state index is 5.68. The Hall–Kier alpha value is -0.940. The first-order valence-corrected chi connectivity index (χ1v) is 8.54. The van der Waals surface area contributed by atoms with E-state index in [-0.39, 0.29) is 5.41 Å². The van der Waals surface area contributed by atoms with Gasteiger partial charge in [-0.15, -0.1) is 5.10 Å². The van der Waals surface area contributed by atoms with E-state index in [0.717, 1.165) is 16.1 Å². The lowest BCUT2D eigenvalue weighted by atomic mass is 9.72. The lowest BCUT2D eigenvalue weighted by Gasteiger charge is -2.33. The van der Waals surface area contributed by atoms with E-state index < -0.39 is 0 Å². The van der Waals surface area contributed by atoms with Gasteiger partial charge in [0, 0.05) is 0 Å². The molecule has 0 aliphatic rings. The monoisotopic (exact) mass is 368 g/mol. The molecule has 0 aliphatic carbocycles. The summed E-state index contributed by atoms with van der Waals surface area (Å²) in [6, 6.07) is 8.26. The quantitative estimate of drug-likeness (QED) is 0.682. The fourth-order valence-corrected chi connectivity index (χ4v) is 3.68. The molecule has 2 aromatic rings. The summed E-state index contributed by atoms with van der Waals surface area (Å²) >= 11 is 4.65. The first kappa shape index (κ1) is 16.4. The van der Waals surface area contributed by atoms with Crippen LogP contribution in [0.15, 0.2) is 28.2 Å². The summed E-state index contributed by atoms with van der Waals surface area (Å²) in [5, 5.41) is 8.35. The Morgan fingerprint density at radius 2 is 1.67 bits per heavy atom. The Bertz CT molecular complexity index is 599. The fraction of sp³-hybridized carbons (Fsp3) is 0.500. The predicted octanol–water partition coefficient (Wildman–Crippen LogP) is 5.81. The molecule has 0 amide bonds. The third kappa shape index (κ3) is 4.78. The Kier molecular flexibility index (Phi) is 4.73. The zero-order valence-electron chi connectivity index (χ0n) is 13.1. The number of rotatable bonds is 4. The highest BCUT2D eigenvalue weighted by Crippen LogP contribution is 2.37. The van der Waals surface area contributed by atoms with Gasteiger partial charge in [-0.25, -0.2) is 0 Å². The highest BCUT2D eigenvalue weighted by atomic mass is 79.9. The van der Waals surface area contributed by atoms with Crippen LogP contribution >= 0.6 is 27.3 Å². The number of aromatic nitrogens is 2. The highest BCUT2D eigenvalue weighted by molar-refractivity contribution is 9.11. The molecule has 0 atom stereocenters. The minimum atomic E-state index is 0.141. The molecule has 0 bridgehead atoms. The average molecular weight is 369 g/mol.